The Balaban J connectivity index is 1.68. The van der Waals surface area contributed by atoms with Gasteiger partial charge in [-0.1, -0.05) is 43.7 Å². The molecule has 1 aliphatic rings. The number of ether oxygens (including phenoxy) is 1. The summed E-state index contributed by atoms with van der Waals surface area (Å²) in [7, 11) is -4.04. The average Bonchev–Trinajstić information content (AvgIpc) is 3.25. The molecule has 9 heteroatoms. The van der Waals surface area contributed by atoms with E-state index in [1.165, 1.54) is 11.3 Å². The minimum absolute atomic E-state index is 0.0997. The van der Waals surface area contributed by atoms with Gasteiger partial charge in [-0.3, -0.25) is 9.10 Å². The predicted octanol–water partition coefficient (Wildman–Crippen LogP) is 6.07. The van der Waals surface area contributed by atoms with Gasteiger partial charge >= 0.3 is 5.97 Å². The Morgan fingerprint density at radius 1 is 1.03 bits per heavy atom. The SMILES string of the molecule is CCOC(=O)c1c(NC(=O)CN(c2ccc(C(C)C)cc2)S(=O)(=O)c2ccc(C)cc2)sc2c1CCCC2. The van der Waals surface area contributed by atoms with E-state index < -0.39 is 28.4 Å². The van der Waals surface area contributed by atoms with E-state index in [1.807, 2.05) is 19.1 Å². The van der Waals surface area contributed by atoms with Crippen LogP contribution in [0.25, 0.3) is 0 Å². The van der Waals surface area contributed by atoms with Crippen molar-refractivity contribution in [1.82, 2.24) is 0 Å². The monoisotopic (exact) mass is 554 g/mol. The molecule has 1 aliphatic carbocycles. The zero-order valence-electron chi connectivity index (χ0n) is 22.2. The summed E-state index contributed by atoms with van der Waals surface area (Å²) in [5.74, 6) is -0.714. The summed E-state index contributed by atoms with van der Waals surface area (Å²) in [6, 6.07) is 13.8. The van der Waals surface area contributed by atoms with E-state index in [9.17, 15) is 18.0 Å². The molecule has 0 unspecified atom stereocenters. The summed E-state index contributed by atoms with van der Waals surface area (Å²) in [4.78, 5) is 27.4. The molecule has 2 aromatic carbocycles. The molecule has 0 saturated heterocycles. The Labute approximate surface area is 228 Å². The van der Waals surface area contributed by atoms with E-state index in [4.69, 9.17) is 4.74 Å². The second-order valence-corrected chi connectivity index (χ2v) is 12.7. The van der Waals surface area contributed by atoms with Gasteiger partial charge < -0.3 is 10.1 Å². The van der Waals surface area contributed by atoms with Crippen molar-refractivity contribution >= 4 is 43.9 Å². The largest absolute Gasteiger partial charge is 0.462 e. The molecule has 1 amide bonds. The lowest BCUT2D eigenvalue weighted by Gasteiger charge is -2.24. The van der Waals surface area contributed by atoms with Gasteiger partial charge in [-0.05, 0) is 80.8 Å². The molecular weight excluding hydrogens is 520 g/mol. The zero-order chi connectivity index (χ0) is 27.4. The third-order valence-electron chi connectivity index (χ3n) is 6.65. The Hall–Kier alpha value is -3.17. The second-order valence-electron chi connectivity index (χ2n) is 9.75. The number of sulfonamides is 1. The van der Waals surface area contributed by atoms with Gasteiger partial charge in [0.25, 0.3) is 10.0 Å². The first kappa shape index (κ1) is 27.9. The van der Waals surface area contributed by atoms with Crippen LogP contribution < -0.4 is 9.62 Å². The molecule has 38 heavy (non-hydrogen) atoms. The molecule has 0 aliphatic heterocycles. The Morgan fingerprint density at radius 3 is 2.32 bits per heavy atom. The second kappa shape index (κ2) is 11.7. The number of benzene rings is 2. The van der Waals surface area contributed by atoms with E-state index in [2.05, 4.69) is 19.2 Å². The van der Waals surface area contributed by atoms with E-state index >= 15 is 0 Å². The number of anilines is 2. The van der Waals surface area contributed by atoms with Crippen LogP contribution in [0.1, 0.15) is 71.5 Å². The fourth-order valence-corrected chi connectivity index (χ4v) is 7.26. The molecule has 1 N–H and O–H groups in total. The molecule has 1 aromatic heterocycles. The molecule has 202 valence electrons. The molecule has 0 spiro atoms. The van der Waals surface area contributed by atoms with Crippen molar-refractivity contribution in [1.29, 1.82) is 0 Å². The highest BCUT2D eigenvalue weighted by Gasteiger charge is 2.30. The number of rotatable bonds is 9. The number of nitrogens with zero attached hydrogens (tertiary/aromatic N) is 1. The normalized spacial score (nSPS) is 13.2. The van der Waals surface area contributed by atoms with Gasteiger partial charge in [0, 0.05) is 4.88 Å². The summed E-state index contributed by atoms with van der Waals surface area (Å²) in [5.41, 5.74) is 3.72. The topological polar surface area (TPSA) is 92.8 Å². The fraction of sp³-hybridized carbons (Fsp3) is 0.379. The molecule has 1 heterocycles. The lowest BCUT2D eigenvalue weighted by Crippen LogP contribution is -2.38. The molecule has 7 nitrogen and oxygen atoms in total. The third kappa shape index (κ3) is 5.94. The zero-order valence-corrected chi connectivity index (χ0v) is 23.9. The van der Waals surface area contributed by atoms with Gasteiger partial charge in [-0.15, -0.1) is 11.3 Å². The Bertz CT molecular complexity index is 1410. The standard InChI is InChI=1S/C29H34N2O5S2/c1-5-36-29(33)27-24-8-6-7-9-25(24)37-28(27)30-26(32)18-31(22-14-12-21(13-15-22)19(2)3)38(34,35)23-16-10-20(4)11-17-23/h10-17,19H,5-9,18H2,1-4H3,(H,30,32). The number of carbonyl (C=O) groups is 2. The van der Waals surface area contributed by atoms with Gasteiger partial charge in [-0.2, -0.15) is 0 Å². The van der Waals surface area contributed by atoms with E-state index in [0.717, 1.165) is 51.6 Å². The smallest absolute Gasteiger partial charge is 0.341 e. The van der Waals surface area contributed by atoms with Crippen LogP contribution in [0.3, 0.4) is 0 Å². The van der Waals surface area contributed by atoms with Crippen molar-refractivity contribution in [2.24, 2.45) is 0 Å². The number of nitrogens with one attached hydrogen (secondary N) is 1. The molecule has 3 aromatic rings. The molecular formula is C29H34N2O5S2. The summed E-state index contributed by atoms with van der Waals surface area (Å²) < 4.78 is 33.9. The highest BCUT2D eigenvalue weighted by molar-refractivity contribution is 7.92. The summed E-state index contributed by atoms with van der Waals surface area (Å²) >= 11 is 1.38. The first-order valence-corrected chi connectivity index (χ1v) is 15.2. The first-order valence-electron chi connectivity index (χ1n) is 12.9. The molecule has 0 bridgehead atoms. The first-order chi connectivity index (χ1) is 18.1. The molecule has 0 radical (unpaired) electrons. The van der Waals surface area contributed by atoms with Crippen molar-refractivity contribution in [3.8, 4) is 0 Å². The minimum Gasteiger partial charge on any atom is -0.462 e. The van der Waals surface area contributed by atoms with Crippen molar-refractivity contribution in [3.63, 3.8) is 0 Å². The van der Waals surface area contributed by atoms with Crippen LogP contribution in [0.5, 0.6) is 0 Å². The highest BCUT2D eigenvalue weighted by atomic mass is 32.2. The van der Waals surface area contributed by atoms with Gasteiger partial charge in [0.05, 0.1) is 22.8 Å². The maximum absolute atomic E-state index is 13.7. The van der Waals surface area contributed by atoms with E-state index in [-0.39, 0.29) is 17.4 Å². The highest BCUT2D eigenvalue weighted by Crippen LogP contribution is 2.39. The van der Waals surface area contributed by atoms with Crippen LogP contribution in [0.15, 0.2) is 53.4 Å². The van der Waals surface area contributed by atoms with Crippen molar-refractivity contribution in [2.45, 2.75) is 64.2 Å². The lowest BCUT2D eigenvalue weighted by atomic mass is 9.95. The number of hydrogen-bond donors (Lipinski definition) is 1. The summed E-state index contributed by atoms with van der Waals surface area (Å²) in [6.07, 6.45) is 3.60. The molecule has 4 rings (SSSR count). The molecule has 0 atom stereocenters. The van der Waals surface area contributed by atoms with Crippen LogP contribution in [-0.2, 0) is 32.4 Å². The Kier molecular flexibility index (Phi) is 8.57. The van der Waals surface area contributed by atoms with Gasteiger partial charge in [0.1, 0.15) is 11.5 Å². The van der Waals surface area contributed by atoms with Crippen molar-refractivity contribution in [2.75, 3.05) is 22.8 Å². The number of esters is 1. The number of thiophene rings is 1. The van der Waals surface area contributed by atoms with Crippen LogP contribution >= 0.6 is 11.3 Å². The summed E-state index contributed by atoms with van der Waals surface area (Å²) in [5, 5.41) is 3.26. The maximum atomic E-state index is 13.7. The van der Waals surface area contributed by atoms with Crippen molar-refractivity contribution in [3.05, 3.63) is 75.7 Å². The number of carbonyl (C=O) groups excluding carboxylic acids is 2. The predicted molar refractivity (Wildman–Crippen MR) is 152 cm³/mol. The van der Waals surface area contributed by atoms with Crippen LogP contribution in [-0.4, -0.2) is 33.4 Å². The van der Waals surface area contributed by atoms with E-state index in [0.29, 0.717) is 16.3 Å². The Morgan fingerprint density at radius 2 is 1.68 bits per heavy atom. The number of amides is 1. The average molecular weight is 555 g/mol. The number of aryl methyl sites for hydroxylation is 2. The van der Waals surface area contributed by atoms with E-state index in [1.54, 1.807) is 43.3 Å². The fourth-order valence-electron chi connectivity index (χ4n) is 4.55. The van der Waals surface area contributed by atoms with Crippen LogP contribution in [0.2, 0.25) is 0 Å². The quantitative estimate of drug-likeness (QED) is 0.324. The maximum Gasteiger partial charge on any atom is 0.341 e. The van der Waals surface area contributed by atoms with Gasteiger partial charge in [-0.25, -0.2) is 13.2 Å². The number of fused-ring (bicyclic) bond motifs is 1. The van der Waals surface area contributed by atoms with Gasteiger partial charge in [0.2, 0.25) is 5.91 Å². The third-order valence-corrected chi connectivity index (χ3v) is 9.64. The van der Waals surface area contributed by atoms with Crippen LogP contribution in [0.4, 0.5) is 10.7 Å². The van der Waals surface area contributed by atoms with Crippen LogP contribution in [0, 0.1) is 6.92 Å². The molecule has 0 fully saturated rings. The molecule has 0 saturated carbocycles. The lowest BCUT2D eigenvalue weighted by molar-refractivity contribution is -0.114. The number of hydrogen-bond acceptors (Lipinski definition) is 6. The minimum atomic E-state index is -4.04. The van der Waals surface area contributed by atoms with Crippen molar-refractivity contribution < 1.29 is 22.7 Å². The summed E-state index contributed by atoms with van der Waals surface area (Å²) in [6.45, 7) is 7.53. The van der Waals surface area contributed by atoms with Gasteiger partial charge in [0.15, 0.2) is 0 Å².